The number of hydrogen-bond acceptors (Lipinski definition) is 3. The largest absolute Gasteiger partial charge is 0.389 e. The maximum Gasteiger partial charge on any atom is 0.226 e. The molecule has 0 atom stereocenters. The Labute approximate surface area is 124 Å². The molecule has 0 spiro atoms. The number of anilines is 1. The molecule has 0 radical (unpaired) electrons. The fourth-order valence-electron chi connectivity index (χ4n) is 2.39. The van der Waals surface area contributed by atoms with Gasteiger partial charge in [0, 0.05) is 5.56 Å². The van der Waals surface area contributed by atoms with Crippen LogP contribution in [0.2, 0.25) is 0 Å². The monoisotopic (exact) mass is 292 g/mol. The highest BCUT2D eigenvalue weighted by molar-refractivity contribution is 7.80. The van der Waals surface area contributed by atoms with E-state index >= 15 is 0 Å². The lowest BCUT2D eigenvalue weighted by molar-refractivity contribution is -0.117. The van der Waals surface area contributed by atoms with Crippen molar-refractivity contribution in [2.45, 2.75) is 38.2 Å². The van der Waals surface area contributed by atoms with E-state index in [0.29, 0.717) is 30.4 Å². The van der Waals surface area contributed by atoms with E-state index in [-0.39, 0.29) is 10.9 Å². The van der Waals surface area contributed by atoms with Gasteiger partial charge < -0.3 is 15.8 Å². The molecule has 20 heavy (non-hydrogen) atoms. The van der Waals surface area contributed by atoms with Gasteiger partial charge in [-0.1, -0.05) is 37.2 Å². The Bertz CT molecular complexity index is 485. The van der Waals surface area contributed by atoms with Crippen molar-refractivity contribution < 1.29 is 9.53 Å². The Morgan fingerprint density at radius 3 is 2.75 bits per heavy atom. The second kappa shape index (κ2) is 7.36. The minimum absolute atomic E-state index is 0.0771. The van der Waals surface area contributed by atoms with Gasteiger partial charge in [-0.05, 0) is 25.0 Å². The van der Waals surface area contributed by atoms with Gasteiger partial charge in [0.15, 0.2) is 0 Å². The number of amides is 1. The van der Waals surface area contributed by atoms with Crippen LogP contribution in [-0.2, 0) is 9.53 Å². The second-order valence-corrected chi connectivity index (χ2v) is 5.43. The number of hydrogen-bond donors (Lipinski definition) is 2. The molecule has 1 fully saturated rings. The number of carbonyl (C=O) groups excluding carboxylic acids is 1. The van der Waals surface area contributed by atoms with Gasteiger partial charge >= 0.3 is 0 Å². The zero-order chi connectivity index (χ0) is 14.4. The van der Waals surface area contributed by atoms with Crippen LogP contribution in [0, 0.1) is 0 Å². The van der Waals surface area contributed by atoms with E-state index in [0.717, 1.165) is 12.8 Å². The molecule has 1 aromatic carbocycles. The average Bonchev–Trinajstić information content (AvgIpc) is 2.92. The van der Waals surface area contributed by atoms with Crippen molar-refractivity contribution in [3.63, 3.8) is 0 Å². The first kappa shape index (κ1) is 14.9. The molecule has 0 saturated heterocycles. The predicted molar refractivity (Wildman–Crippen MR) is 83.8 cm³/mol. The summed E-state index contributed by atoms with van der Waals surface area (Å²) in [6.45, 7) is 0.464. The minimum atomic E-state index is -0.0771. The van der Waals surface area contributed by atoms with Gasteiger partial charge in [-0.15, -0.1) is 0 Å². The highest BCUT2D eigenvalue weighted by Crippen LogP contribution is 2.21. The molecule has 0 aromatic heterocycles. The number of nitrogens with two attached hydrogens (primary N) is 1. The van der Waals surface area contributed by atoms with Crippen LogP contribution in [0.25, 0.3) is 0 Å². The van der Waals surface area contributed by atoms with E-state index in [1.165, 1.54) is 12.8 Å². The van der Waals surface area contributed by atoms with Crippen LogP contribution in [0.4, 0.5) is 5.69 Å². The summed E-state index contributed by atoms with van der Waals surface area (Å²) in [4.78, 5) is 12.2. The SMILES string of the molecule is NC(=S)c1ccccc1NC(=O)CCOC1CCCC1. The first-order valence-corrected chi connectivity index (χ1v) is 7.38. The third-order valence-electron chi connectivity index (χ3n) is 3.45. The van der Waals surface area contributed by atoms with E-state index in [1.54, 1.807) is 12.1 Å². The topological polar surface area (TPSA) is 64.3 Å². The summed E-state index contributed by atoms with van der Waals surface area (Å²) in [5.74, 6) is -0.0771. The van der Waals surface area contributed by atoms with Crippen LogP contribution < -0.4 is 11.1 Å². The molecule has 3 N–H and O–H groups in total. The number of nitrogens with one attached hydrogen (secondary N) is 1. The molecular formula is C15H20N2O2S. The molecule has 1 saturated carbocycles. The van der Waals surface area contributed by atoms with Gasteiger partial charge in [0.25, 0.3) is 0 Å². The van der Waals surface area contributed by atoms with Gasteiger partial charge in [-0.3, -0.25) is 4.79 Å². The molecule has 4 nitrogen and oxygen atoms in total. The Kier molecular flexibility index (Phi) is 5.49. The first-order chi connectivity index (χ1) is 9.66. The summed E-state index contributed by atoms with van der Waals surface area (Å²) >= 11 is 4.96. The highest BCUT2D eigenvalue weighted by Gasteiger charge is 2.15. The molecular weight excluding hydrogens is 272 g/mol. The van der Waals surface area contributed by atoms with Gasteiger partial charge in [0.05, 0.1) is 24.8 Å². The van der Waals surface area contributed by atoms with Crippen LogP contribution in [0.3, 0.4) is 0 Å². The summed E-state index contributed by atoms with van der Waals surface area (Å²) < 4.78 is 5.68. The molecule has 0 heterocycles. The van der Waals surface area contributed by atoms with Crippen LogP contribution in [0.5, 0.6) is 0 Å². The Morgan fingerprint density at radius 1 is 1.35 bits per heavy atom. The summed E-state index contributed by atoms with van der Waals surface area (Å²) in [6, 6.07) is 7.27. The molecule has 1 aliphatic carbocycles. The van der Waals surface area contributed by atoms with Crippen molar-refractivity contribution in [1.29, 1.82) is 0 Å². The standard InChI is InChI=1S/C15H20N2O2S/c16-15(20)12-7-3-4-8-13(12)17-14(18)9-10-19-11-5-1-2-6-11/h3-4,7-8,11H,1-2,5-6,9-10H2,(H2,16,20)(H,17,18). The lowest BCUT2D eigenvalue weighted by Crippen LogP contribution is -2.19. The molecule has 5 heteroatoms. The summed E-state index contributed by atoms with van der Waals surface area (Å²) in [5.41, 5.74) is 6.97. The molecule has 2 rings (SSSR count). The van der Waals surface area contributed by atoms with Gasteiger partial charge in [0.2, 0.25) is 5.91 Å². The van der Waals surface area contributed by atoms with Gasteiger partial charge in [-0.2, -0.15) is 0 Å². The zero-order valence-corrected chi connectivity index (χ0v) is 12.2. The van der Waals surface area contributed by atoms with Crippen molar-refractivity contribution in [1.82, 2.24) is 0 Å². The lowest BCUT2D eigenvalue weighted by Gasteiger charge is -2.12. The van der Waals surface area contributed by atoms with Crippen molar-refractivity contribution >= 4 is 28.8 Å². The highest BCUT2D eigenvalue weighted by atomic mass is 32.1. The molecule has 0 bridgehead atoms. The van der Waals surface area contributed by atoms with Crippen molar-refractivity contribution in [2.75, 3.05) is 11.9 Å². The lowest BCUT2D eigenvalue weighted by atomic mass is 10.1. The van der Waals surface area contributed by atoms with E-state index in [4.69, 9.17) is 22.7 Å². The number of thiocarbonyl (C=S) groups is 1. The summed E-state index contributed by atoms with van der Waals surface area (Å²) in [7, 11) is 0. The van der Waals surface area contributed by atoms with E-state index in [2.05, 4.69) is 5.32 Å². The number of para-hydroxylation sites is 1. The van der Waals surface area contributed by atoms with E-state index < -0.39 is 0 Å². The minimum Gasteiger partial charge on any atom is -0.389 e. The number of rotatable bonds is 6. The first-order valence-electron chi connectivity index (χ1n) is 6.97. The van der Waals surface area contributed by atoms with Crippen molar-refractivity contribution in [2.24, 2.45) is 5.73 Å². The van der Waals surface area contributed by atoms with Crippen molar-refractivity contribution in [3.8, 4) is 0 Å². The average molecular weight is 292 g/mol. The van der Waals surface area contributed by atoms with Gasteiger partial charge in [-0.25, -0.2) is 0 Å². The molecule has 1 aliphatic rings. The van der Waals surface area contributed by atoms with Crippen LogP contribution in [-0.4, -0.2) is 23.6 Å². The summed E-state index contributed by atoms with van der Waals surface area (Å²) in [5, 5.41) is 2.83. The Hall–Kier alpha value is -1.46. The quantitative estimate of drug-likeness (QED) is 0.791. The number of carbonyl (C=O) groups is 1. The molecule has 0 aliphatic heterocycles. The molecule has 0 unspecified atom stereocenters. The maximum absolute atomic E-state index is 11.9. The second-order valence-electron chi connectivity index (χ2n) is 4.99. The van der Waals surface area contributed by atoms with E-state index in [1.807, 2.05) is 12.1 Å². The summed E-state index contributed by atoms with van der Waals surface area (Å²) in [6.07, 6.45) is 5.39. The van der Waals surface area contributed by atoms with Crippen LogP contribution >= 0.6 is 12.2 Å². The third-order valence-corrected chi connectivity index (χ3v) is 3.67. The van der Waals surface area contributed by atoms with Gasteiger partial charge in [0.1, 0.15) is 4.99 Å². The maximum atomic E-state index is 11.9. The Balaban J connectivity index is 1.80. The smallest absolute Gasteiger partial charge is 0.226 e. The van der Waals surface area contributed by atoms with Crippen molar-refractivity contribution in [3.05, 3.63) is 29.8 Å². The number of benzene rings is 1. The zero-order valence-electron chi connectivity index (χ0n) is 11.4. The normalized spacial score (nSPS) is 15.2. The fraction of sp³-hybridized carbons (Fsp3) is 0.467. The third kappa shape index (κ3) is 4.28. The van der Waals surface area contributed by atoms with Crippen LogP contribution in [0.1, 0.15) is 37.7 Å². The van der Waals surface area contributed by atoms with Crippen LogP contribution in [0.15, 0.2) is 24.3 Å². The fourth-order valence-corrected chi connectivity index (χ4v) is 2.57. The predicted octanol–water partition coefficient (Wildman–Crippen LogP) is 2.61. The number of ether oxygens (including phenoxy) is 1. The molecule has 108 valence electrons. The molecule has 1 aromatic rings. The van der Waals surface area contributed by atoms with E-state index in [9.17, 15) is 4.79 Å². The molecule has 1 amide bonds. The Morgan fingerprint density at radius 2 is 2.05 bits per heavy atom.